The first kappa shape index (κ1) is 10.6. The van der Waals surface area contributed by atoms with Gasteiger partial charge in [-0.15, -0.1) is 0 Å². The van der Waals surface area contributed by atoms with Gasteiger partial charge in [0, 0.05) is 32.0 Å². The Kier molecular flexibility index (Phi) is 3.69. The number of aryl methyl sites for hydroxylation is 1. The van der Waals surface area contributed by atoms with Gasteiger partial charge in [-0.2, -0.15) is 0 Å². The minimum absolute atomic E-state index is 0.862. The van der Waals surface area contributed by atoms with Gasteiger partial charge in [0.2, 0.25) is 0 Å². The normalized spacial score (nSPS) is 17.9. The van der Waals surface area contributed by atoms with E-state index in [0.717, 1.165) is 39.3 Å². The number of morpholine rings is 1. The molecule has 0 bridgehead atoms. The maximum atomic E-state index is 5.33. The first-order chi connectivity index (χ1) is 7.38. The van der Waals surface area contributed by atoms with Crippen molar-refractivity contribution in [1.29, 1.82) is 0 Å². The van der Waals surface area contributed by atoms with Crippen molar-refractivity contribution in [1.82, 2.24) is 9.88 Å². The fraction of sp³-hybridized carbons (Fsp3) is 0.583. The van der Waals surface area contributed by atoms with E-state index in [4.69, 9.17) is 4.74 Å². The van der Waals surface area contributed by atoms with Gasteiger partial charge in [-0.3, -0.25) is 9.88 Å². The lowest BCUT2D eigenvalue weighted by Gasteiger charge is -2.26. The van der Waals surface area contributed by atoms with Crippen LogP contribution < -0.4 is 0 Å². The molecule has 15 heavy (non-hydrogen) atoms. The Morgan fingerprint density at radius 3 is 2.73 bits per heavy atom. The third-order valence-electron chi connectivity index (χ3n) is 2.77. The number of hydrogen-bond donors (Lipinski definition) is 0. The molecule has 1 aromatic heterocycles. The van der Waals surface area contributed by atoms with Gasteiger partial charge in [0.25, 0.3) is 0 Å². The molecule has 1 fully saturated rings. The molecule has 1 saturated heterocycles. The summed E-state index contributed by atoms with van der Waals surface area (Å²) in [5.74, 6) is 0. The van der Waals surface area contributed by atoms with Crippen molar-refractivity contribution in [3.63, 3.8) is 0 Å². The summed E-state index contributed by atoms with van der Waals surface area (Å²) in [6, 6.07) is 2.25. The summed E-state index contributed by atoms with van der Waals surface area (Å²) in [5, 5.41) is 0. The third kappa shape index (κ3) is 3.01. The van der Waals surface area contributed by atoms with Gasteiger partial charge in [0.15, 0.2) is 0 Å². The van der Waals surface area contributed by atoms with Gasteiger partial charge >= 0.3 is 0 Å². The molecule has 3 nitrogen and oxygen atoms in total. The number of rotatable bonds is 3. The average molecular weight is 206 g/mol. The summed E-state index contributed by atoms with van der Waals surface area (Å²) < 4.78 is 5.33. The fourth-order valence-electron chi connectivity index (χ4n) is 1.84. The van der Waals surface area contributed by atoms with Gasteiger partial charge in [0.05, 0.1) is 13.2 Å². The standard InChI is InChI=1S/C12H18N2O/c1-2-11-7-12(9-13-8-11)10-14-3-5-15-6-4-14/h7-9H,2-6,10H2,1H3. The number of ether oxygens (including phenoxy) is 1. The first-order valence-corrected chi connectivity index (χ1v) is 5.61. The Hall–Kier alpha value is -0.930. The molecule has 0 spiro atoms. The Labute approximate surface area is 91.1 Å². The lowest BCUT2D eigenvalue weighted by atomic mass is 10.1. The molecule has 0 aliphatic carbocycles. The van der Waals surface area contributed by atoms with Crippen LogP contribution in [-0.2, 0) is 17.7 Å². The molecule has 0 unspecified atom stereocenters. The van der Waals surface area contributed by atoms with Gasteiger partial charge in [-0.1, -0.05) is 13.0 Å². The Morgan fingerprint density at radius 2 is 2.00 bits per heavy atom. The predicted molar refractivity (Wildman–Crippen MR) is 59.7 cm³/mol. The monoisotopic (exact) mass is 206 g/mol. The molecular formula is C12H18N2O. The second kappa shape index (κ2) is 5.24. The zero-order chi connectivity index (χ0) is 10.5. The summed E-state index contributed by atoms with van der Waals surface area (Å²) in [5.41, 5.74) is 2.64. The van der Waals surface area contributed by atoms with E-state index in [1.54, 1.807) is 0 Å². The van der Waals surface area contributed by atoms with E-state index in [-0.39, 0.29) is 0 Å². The maximum Gasteiger partial charge on any atom is 0.0594 e. The molecule has 0 amide bonds. The minimum atomic E-state index is 0.862. The second-order valence-corrected chi connectivity index (χ2v) is 3.94. The van der Waals surface area contributed by atoms with Crippen molar-refractivity contribution >= 4 is 0 Å². The third-order valence-corrected chi connectivity index (χ3v) is 2.77. The lowest BCUT2D eigenvalue weighted by Crippen LogP contribution is -2.35. The van der Waals surface area contributed by atoms with E-state index < -0.39 is 0 Å². The molecule has 1 aromatic rings. The molecule has 1 aliphatic rings. The lowest BCUT2D eigenvalue weighted by molar-refractivity contribution is 0.0341. The summed E-state index contributed by atoms with van der Waals surface area (Å²) in [6.07, 6.45) is 4.97. The first-order valence-electron chi connectivity index (χ1n) is 5.61. The van der Waals surface area contributed by atoms with Crippen LogP contribution in [-0.4, -0.2) is 36.2 Å². The van der Waals surface area contributed by atoms with E-state index in [1.165, 1.54) is 11.1 Å². The predicted octanol–water partition coefficient (Wildman–Crippen LogP) is 1.48. The van der Waals surface area contributed by atoms with Crippen molar-refractivity contribution in [2.75, 3.05) is 26.3 Å². The molecule has 0 N–H and O–H groups in total. The molecule has 0 aromatic carbocycles. The number of aromatic nitrogens is 1. The number of hydrogen-bond acceptors (Lipinski definition) is 3. The summed E-state index contributed by atoms with van der Waals surface area (Å²) in [4.78, 5) is 6.68. The molecular weight excluding hydrogens is 188 g/mol. The van der Waals surface area contributed by atoms with Crippen molar-refractivity contribution < 1.29 is 4.74 Å². The van der Waals surface area contributed by atoms with Crippen LogP contribution in [0.15, 0.2) is 18.5 Å². The maximum absolute atomic E-state index is 5.33. The van der Waals surface area contributed by atoms with E-state index in [1.807, 2.05) is 12.4 Å². The molecule has 3 heteroatoms. The molecule has 0 radical (unpaired) electrons. The largest absolute Gasteiger partial charge is 0.379 e. The summed E-state index contributed by atoms with van der Waals surface area (Å²) in [6.45, 7) is 6.97. The van der Waals surface area contributed by atoms with Gasteiger partial charge in [-0.25, -0.2) is 0 Å². The van der Waals surface area contributed by atoms with Crippen molar-refractivity contribution in [3.05, 3.63) is 29.6 Å². The van der Waals surface area contributed by atoms with Gasteiger partial charge < -0.3 is 4.74 Å². The topological polar surface area (TPSA) is 25.4 Å². The highest BCUT2D eigenvalue weighted by Gasteiger charge is 2.10. The van der Waals surface area contributed by atoms with E-state index in [9.17, 15) is 0 Å². The zero-order valence-electron chi connectivity index (χ0n) is 9.28. The van der Waals surface area contributed by atoms with Crippen LogP contribution >= 0.6 is 0 Å². The molecule has 0 atom stereocenters. The molecule has 0 saturated carbocycles. The Morgan fingerprint density at radius 1 is 1.27 bits per heavy atom. The highest BCUT2D eigenvalue weighted by molar-refractivity contribution is 5.17. The molecule has 2 heterocycles. The SMILES string of the molecule is CCc1cncc(CN2CCOCC2)c1. The highest BCUT2D eigenvalue weighted by Crippen LogP contribution is 2.08. The summed E-state index contributed by atoms with van der Waals surface area (Å²) in [7, 11) is 0. The van der Waals surface area contributed by atoms with E-state index >= 15 is 0 Å². The number of pyridine rings is 1. The Bertz CT molecular complexity index is 308. The summed E-state index contributed by atoms with van der Waals surface area (Å²) >= 11 is 0. The van der Waals surface area contributed by atoms with Crippen molar-refractivity contribution in [3.8, 4) is 0 Å². The van der Waals surface area contributed by atoms with Crippen LogP contribution in [0.5, 0.6) is 0 Å². The fourth-order valence-corrected chi connectivity index (χ4v) is 1.84. The highest BCUT2D eigenvalue weighted by atomic mass is 16.5. The van der Waals surface area contributed by atoms with Crippen LogP contribution in [0.3, 0.4) is 0 Å². The van der Waals surface area contributed by atoms with Crippen LogP contribution in [0.1, 0.15) is 18.1 Å². The molecule has 1 aliphatic heterocycles. The minimum Gasteiger partial charge on any atom is -0.379 e. The second-order valence-electron chi connectivity index (χ2n) is 3.94. The van der Waals surface area contributed by atoms with E-state index in [0.29, 0.717) is 0 Å². The average Bonchev–Trinajstić information content (AvgIpc) is 2.31. The van der Waals surface area contributed by atoms with E-state index in [2.05, 4.69) is 22.9 Å². The number of nitrogens with zero attached hydrogens (tertiary/aromatic N) is 2. The smallest absolute Gasteiger partial charge is 0.0594 e. The van der Waals surface area contributed by atoms with Crippen LogP contribution in [0.4, 0.5) is 0 Å². The van der Waals surface area contributed by atoms with Crippen LogP contribution in [0.25, 0.3) is 0 Å². The van der Waals surface area contributed by atoms with Gasteiger partial charge in [0.1, 0.15) is 0 Å². The zero-order valence-corrected chi connectivity index (χ0v) is 9.28. The van der Waals surface area contributed by atoms with Crippen molar-refractivity contribution in [2.24, 2.45) is 0 Å². The molecule has 82 valence electrons. The van der Waals surface area contributed by atoms with Crippen LogP contribution in [0.2, 0.25) is 0 Å². The van der Waals surface area contributed by atoms with Crippen LogP contribution in [0, 0.1) is 0 Å². The van der Waals surface area contributed by atoms with Crippen molar-refractivity contribution in [2.45, 2.75) is 19.9 Å². The molecule has 2 rings (SSSR count). The quantitative estimate of drug-likeness (QED) is 0.749. The Balaban J connectivity index is 1.96. The van der Waals surface area contributed by atoms with Gasteiger partial charge in [-0.05, 0) is 17.5 Å².